The second-order valence-corrected chi connectivity index (χ2v) is 3.39. The van der Waals surface area contributed by atoms with Crippen LogP contribution in [0.1, 0.15) is 33.1 Å². The zero-order valence-corrected chi connectivity index (χ0v) is 8.49. The summed E-state index contributed by atoms with van der Waals surface area (Å²) in [4.78, 5) is 12.1. The van der Waals surface area contributed by atoms with Gasteiger partial charge in [-0.1, -0.05) is 13.3 Å². The molecule has 1 unspecified atom stereocenters. The number of hydrogen-bond donors (Lipinski definition) is 2. The summed E-state index contributed by atoms with van der Waals surface area (Å²) < 4.78 is 0. The summed E-state index contributed by atoms with van der Waals surface area (Å²) in [6, 6.07) is 0.0727. The van der Waals surface area contributed by atoms with E-state index >= 15 is 0 Å². The zero-order valence-electron chi connectivity index (χ0n) is 8.49. The lowest BCUT2D eigenvalue weighted by Gasteiger charge is -2.19. The van der Waals surface area contributed by atoms with Crippen LogP contribution >= 0.6 is 0 Å². The molecule has 0 aliphatic carbocycles. The fourth-order valence-electron chi connectivity index (χ4n) is 1.01. The summed E-state index contributed by atoms with van der Waals surface area (Å²) in [5.74, 6) is 0. The predicted molar refractivity (Wildman–Crippen MR) is 52.8 cm³/mol. The van der Waals surface area contributed by atoms with Gasteiger partial charge in [-0.15, -0.1) is 0 Å². The first-order valence-corrected chi connectivity index (χ1v) is 4.81. The second kappa shape index (κ2) is 6.71. The topological polar surface area (TPSA) is 66.6 Å². The fraction of sp³-hybridized carbons (Fsp3) is 0.889. The Bertz CT molecular complexity index is 149. The normalized spacial score (nSPS) is 12.5. The molecule has 0 aromatic carbocycles. The second-order valence-electron chi connectivity index (χ2n) is 3.39. The minimum Gasteiger partial charge on any atom is -0.465 e. The van der Waals surface area contributed by atoms with E-state index in [-0.39, 0.29) is 6.04 Å². The molecule has 1 atom stereocenters. The average molecular weight is 188 g/mol. The smallest absolute Gasteiger partial charge is 0.407 e. The van der Waals surface area contributed by atoms with Crippen LogP contribution < -0.4 is 5.73 Å². The van der Waals surface area contributed by atoms with Gasteiger partial charge in [-0.25, -0.2) is 4.79 Å². The van der Waals surface area contributed by atoms with Crippen LogP contribution in [0.2, 0.25) is 0 Å². The Morgan fingerprint density at radius 2 is 2.15 bits per heavy atom. The van der Waals surface area contributed by atoms with Crippen LogP contribution in [0.5, 0.6) is 0 Å². The lowest BCUT2D eigenvalue weighted by molar-refractivity contribution is 0.143. The van der Waals surface area contributed by atoms with E-state index in [0.717, 1.165) is 19.3 Å². The molecule has 0 spiro atoms. The Balaban J connectivity index is 3.74. The van der Waals surface area contributed by atoms with Gasteiger partial charge in [0.05, 0.1) is 0 Å². The van der Waals surface area contributed by atoms with Crippen molar-refractivity contribution in [1.29, 1.82) is 0 Å². The van der Waals surface area contributed by atoms with Gasteiger partial charge >= 0.3 is 6.09 Å². The third kappa shape index (κ3) is 6.40. The number of carbonyl (C=O) groups is 1. The highest BCUT2D eigenvalue weighted by Gasteiger charge is 2.10. The molecule has 0 bridgehead atoms. The van der Waals surface area contributed by atoms with Crippen molar-refractivity contribution in [3.8, 4) is 0 Å². The van der Waals surface area contributed by atoms with E-state index < -0.39 is 6.09 Å². The molecule has 0 saturated carbocycles. The van der Waals surface area contributed by atoms with Crippen LogP contribution in [-0.4, -0.2) is 35.2 Å². The van der Waals surface area contributed by atoms with Gasteiger partial charge in [-0.05, 0) is 19.8 Å². The molecule has 78 valence electrons. The maximum atomic E-state index is 10.7. The van der Waals surface area contributed by atoms with E-state index in [1.165, 1.54) is 4.90 Å². The van der Waals surface area contributed by atoms with Crippen molar-refractivity contribution in [2.75, 3.05) is 13.1 Å². The van der Waals surface area contributed by atoms with Gasteiger partial charge in [0, 0.05) is 19.1 Å². The third-order valence-corrected chi connectivity index (χ3v) is 1.91. The summed E-state index contributed by atoms with van der Waals surface area (Å²) in [7, 11) is 0. The molecule has 0 heterocycles. The van der Waals surface area contributed by atoms with Crippen LogP contribution in [0.15, 0.2) is 0 Å². The molecule has 1 amide bonds. The highest BCUT2D eigenvalue weighted by atomic mass is 16.4. The molecule has 13 heavy (non-hydrogen) atoms. The van der Waals surface area contributed by atoms with Crippen molar-refractivity contribution in [2.45, 2.75) is 39.2 Å². The Kier molecular flexibility index (Phi) is 6.32. The average Bonchev–Trinajstić information content (AvgIpc) is 2.03. The minimum atomic E-state index is -0.839. The summed E-state index contributed by atoms with van der Waals surface area (Å²) in [5, 5.41) is 8.80. The van der Waals surface area contributed by atoms with Crippen molar-refractivity contribution in [3.63, 3.8) is 0 Å². The summed E-state index contributed by atoms with van der Waals surface area (Å²) in [5.41, 5.74) is 5.55. The molecule has 0 aliphatic rings. The Morgan fingerprint density at radius 1 is 1.54 bits per heavy atom. The van der Waals surface area contributed by atoms with Crippen molar-refractivity contribution in [1.82, 2.24) is 4.90 Å². The van der Waals surface area contributed by atoms with Gasteiger partial charge in [0.2, 0.25) is 0 Å². The third-order valence-electron chi connectivity index (χ3n) is 1.91. The SMILES string of the molecule is CCCCN(CCC(C)N)C(=O)O. The molecule has 4 heteroatoms. The van der Waals surface area contributed by atoms with Gasteiger partial charge in [0.25, 0.3) is 0 Å². The first kappa shape index (κ1) is 12.2. The van der Waals surface area contributed by atoms with E-state index in [1.54, 1.807) is 0 Å². The Hall–Kier alpha value is -0.770. The van der Waals surface area contributed by atoms with Crippen LogP contribution in [0.4, 0.5) is 4.79 Å². The van der Waals surface area contributed by atoms with Crippen LogP contribution in [0.3, 0.4) is 0 Å². The maximum absolute atomic E-state index is 10.7. The number of amides is 1. The lowest BCUT2D eigenvalue weighted by Crippen LogP contribution is -2.34. The number of nitrogens with zero attached hydrogens (tertiary/aromatic N) is 1. The molecule has 0 aromatic heterocycles. The van der Waals surface area contributed by atoms with Crippen molar-refractivity contribution in [2.24, 2.45) is 5.73 Å². The molecule has 4 nitrogen and oxygen atoms in total. The predicted octanol–water partition coefficient (Wildman–Crippen LogP) is 1.50. The Labute approximate surface area is 79.7 Å². The van der Waals surface area contributed by atoms with Gasteiger partial charge < -0.3 is 15.7 Å². The number of rotatable bonds is 6. The first-order valence-electron chi connectivity index (χ1n) is 4.81. The minimum absolute atomic E-state index is 0.0727. The monoisotopic (exact) mass is 188 g/mol. The fourth-order valence-corrected chi connectivity index (χ4v) is 1.01. The van der Waals surface area contributed by atoms with E-state index in [9.17, 15) is 4.79 Å². The lowest BCUT2D eigenvalue weighted by atomic mass is 10.2. The van der Waals surface area contributed by atoms with Crippen LogP contribution in [0.25, 0.3) is 0 Å². The maximum Gasteiger partial charge on any atom is 0.407 e. The molecule has 0 aromatic rings. The van der Waals surface area contributed by atoms with Crippen molar-refractivity contribution < 1.29 is 9.90 Å². The highest BCUT2D eigenvalue weighted by Crippen LogP contribution is 1.98. The molecule has 3 N–H and O–H groups in total. The number of carboxylic acid groups (broad SMARTS) is 1. The Morgan fingerprint density at radius 3 is 2.54 bits per heavy atom. The number of hydrogen-bond acceptors (Lipinski definition) is 2. The van der Waals surface area contributed by atoms with Gasteiger partial charge in [0.1, 0.15) is 0 Å². The molecule has 0 saturated heterocycles. The van der Waals surface area contributed by atoms with Gasteiger partial charge in [-0.2, -0.15) is 0 Å². The molecular weight excluding hydrogens is 168 g/mol. The highest BCUT2D eigenvalue weighted by molar-refractivity contribution is 5.64. The van der Waals surface area contributed by atoms with E-state index in [4.69, 9.17) is 10.8 Å². The molecular formula is C9H20N2O2. The molecule has 0 rings (SSSR count). The largest absolute Gasteiger partial charge is 0.465 e. The van der Waals surface area contributed by atoms with Crippen molar-refractivity contribution in [3.05, 3.63) is 0 Å². The van der Waals surface area contributed by atoms with Crippen LogP contribution in [-0.2, 0) is 0 Å². The zero-order chi connectivity index (χ0) is 10.3. The summed E-state index contributed by atoms with van der Waals surface area (Å²) in [6.07, 6.45) is 1.83. The summed E-state index contributed by atoms with van der Waals surface area (Å²) >= 11 is 0. The molecule has 0 radical (unpaired) electrons. The molecule has 0 fully saturated rings. The number of unbranched alkanes of at least 4 members (excludes halogenated alkanes) is 1. The van der Waals surface area contributed by atoms with E-state index in [2.05, 4.69) is 0 Å². The van der Waals surface area contributed by atoms with Crippen LogP contribution in [0, 0.1) is 0 Å². The van der Waals surface area contributed by atoms with E-state index in [0.29, 0.717) is 13.1 Å². The number of nitrogens with two attached hydrogens (primary N) is 1. The van der Waals surface area contributed by atoms with E-state index in [1.807, 2.05) is 13.8 Å². The standard InChI is InChI=1S/C9H20N2O2/c1-3-4-6-11(9(12)13)7-5-8(2)10/h8H,3-7,10H2,1-2H3,(H,12,13). The van der Waals surface area contributed by atoms with Gasteiger partial charge in [-0.3, -0.25) is 0 Å². The molecule has 0 aliphatic heterocycles. The van der Waals surface area contributed by atoms with Crippen molar-refractivity contribution >= 4 is 6.09 Å². The first-order chi connectivity index (χ1) is 6.07. The van der Waals surface area contributed by atoms with Gasteiger partial charge in [0.15, 0.2) is 0 Å². The quantitative estimate of drug-likeness (QED) is 0.664. The summed E-state index contributed by atoms with van der Waals surface area (Å²) in [6.45, 7) is 5.11.